The Bertz CT molecular complexity index is 1190. The molecule has 0 radical (unpaired) electrons. The van der Waals surface area contributed by atoms with E-state index >= 15 is 0 Å². The topological polar surface area (TPSA) is 114 Å². The molecule has 2 atom stereocenters. The number of amides is 2. The number of carbonyl (C=O) groups excluding carboxylic acids is 2. The number of sulfonamides is 1. The highest BCUT2D eigenvalue weighted by Gasteiger charge is 2.32. The number of rotatable bonds is 14. The summed E-state index contributed by atoms with van der Waals surface area (Å²) in [5, 5.41) is 2.95. The van der Waals surface area contributed by atoms with Crippen LogP contribution in [0, 0.1) is 0 Å². The smallest absolute Gasteiger partial charge is 0.244 e. The molecular weight excluding hydrogens is 510 g/mol. The predicted molar refractivity (Wildman–Crippen MR) is 147 cm³/mol. The van der Waals surface area contributed by atoms with Crippen LogP contribution in [0.1, 0.15) is 39.2 Å². The molecule has 2 aromatic carbocycles. The lowest BCUT2D eigenvalue weighted by Gasteiger charge is -2.33. The first kappa shape index (κ1) is 30.8. The van der Waals surface area contributed by atoms with Gasteiger partial charge in [-0.05, 0) is 49.6 Å². The third-order valence-corrected chi connectivity index (χ3v) is 7.37. The van der Waals surface area contributed by atoms with E-state index in [1.807, 2.05) is 20.8 Å². The Morgan fingerprint density at radius 1 is 0.921 bits per heavy atom. The van der Waals surface area contributed by atoms with Gasteiger partial charge < -0.3 is 24.4 Å². The summed E-state index contributed by atoms with van der Waals surface area (Å²) in [6.45, 7) is 5.27. The molecule has 2 amide bonds. The van der Waals surface area contributed by atoms with Crippen LogP contribution in [0.4, 0.5) is 5.69 Å². The van der Waals surface area contributed by atoms with Crippen molar-refractivity contribution in [3.63, 3.8) is 0 Å². The molecule has 0 aromatic heterocycles. The Kier molecular flexibility index (Phi) is 11.2. The SMILES string of the molecule is CC[C@@H](C)NC(=O)[C@H](CC)N(Cc1ccc(OC)cc1)C(=O)CN(c1ccc(OC)c(OC)c1)S(C)(=O)=O. The van der Waals surface area contributed by atoms with Crippen LogP contribution in [0.2, 0.25) is 0 Å². The second-order valence-electron chi connectivity index (χ2n) is 8.92. The molecule has 0 saturated heterocycles. The van der Waals surface area contributed by atoms with Crippen molar-refractivity contribution < 1.29 is 32.2 Å². The zero-order valence-corrected chi connectivity index (χ0v) is 24.0. The highest BCUT2D eigenvalue weighted by atomic mass is 32.2. The number of benzene rings is 2. The van der Waals surface area contributed by atoms with Crippen molar-refractivity contribution in [1.29, 1.82) is 0 Å². The third kappa shape index (κ3) is 8.01. The van der Waals surface area contributed by atoms with E-state index in [1.165, 1.54) is 31.3 Å². The van der Waals surface area contributed by atoms with Crippen molar-refractivity contribution in [2.45, 2.75) is 52.2 Å². The molecular formula is C27H39N3O7S. The van der Waals surface area contributed by atoms with E-state index in [9.17, 15) is 18.0 Å². The average Bonchev–Trinajstić information content (AvgIpc) is 2.90. The first-order valence-corrected chi connectivity index (χ1v) is 14.3. The van der Waals surface area contributed by atoms with Crippen molar-refractivity contribution in [3.05, 3.63) is 48.0 Å². The molecule has 0 heterocycles. The second-order valence-corrected chi connectivity index (χ2v) is 10.8. The molecule has 10 nitrogen and oxygen atoms in total. The second kappa shape index (κ2) is 13.9. The summed E-state index contributed by atoms with van der Waals surface area (Å²) < 4.78 is 42.4. The van der Waals surface area contributed by atoms with Crippen LogP contribution < -0.4 is 23.8 Å². The fourth-order valence-electron chi connectivity index (χ4n) is 3.88. The zero-order valence-electron chi connectivity index (χ0n) is 23.2. The molecule has 1 N–H and O–H groups in total. The number of ether oxygens (including phenoxy) is 3. The Morgan fingerprint density at radius 2 is 1.55 bits per heavy atom. The third-order valence-electron chi connectivity index (χ3n) is 6.23. The minimum atomic E-state index is -3.88. The summed E-state index contributed by atoms with van der Waals surface area (Å²) in [5.74, 6) is 0.586. The summed E-state index contributed by atoms with van der Waals surface area (Å²) >= 11 is 0. The van der Waals surface area contributed by atoms with Gasteiger partial charge in [0.05, 0.1) is 33.3 Å². The summed E-state index contributed by atoms with van der Waals surface area (Å²) in [7, 11) is 0.599. The maximum Gasteiger partial charge on any atom is 0.244 e. The van der Waals surface area contributed by atoms with Gasteiger partial charge in [-0.2, -0.15) is 0 Å². The molecule has 0 aliphatic rings. The maximum absolute atomic E-state index is 13.8. The Balaban J connectivity index is 2.48. The number of nitrogens with zero attached hydrogens (tertiary/aromatic N) is 2. The van der Waals surface area contributed by atoms with Crippen LogP contribution >= 0.6 is 0 Å². The van der Waals surface area contributed by atoms with Gasteiger partial charge in [-0.25, -0.2) is 8.42 Å². The van der Waals surface area contributed by atoms with Crippen LogP contribution in [-0.4, -0.2) is 71.3 Å². The van der Waals surface area contributed by atoms with Crippen molar-refractivity contribution >= 4 is 27.5 Å². The van der Waals surface area contributed by atoms with Gasteiger partial charge >= 0.3 is 0 Å². The van der Waals surface area contributed by atoms with E-state index in [2.05, 4.69) is 5.32 Å². The zero-order chi connectivity index (χ0) is 28.5. The van der Waals surface area contributed by atoms with Crippen LogP contribution in [0.5, 0.6) is 17.2 Å². The summed E-state index contributed by atoms with van der Waals surface area (Å²) in [6.07, 6.45) is 2.10. The normalized spacial score (nSPS) is 12.7. The average molecular weight is 550 g/mol. The molecule has 0 aliphatic heterocycles. The molecule has 38 heavy (non-hydrogen) atoms. The van der Waals surface area contributed by atoms with E-state index in [0.717, 1.165) is 22.5 Å². The molecule has 2 rings (SSSR count). The van der Waals surface area contributed by atoms with Gasteiger partial charge in [-0.3, -0.25) is 13.9 Å². The van der Waals surface area contributed by atoms with Crippen molar-refractivity contribution in [2.24, 2.45) is 0 Å². The molecule has 11 heteroatoms. The lowest BCUT2D eigenvalue weighted by Crippen LogP contribution is -2.53. The van der Waals surface area contributed by atoms with Gasteiger partial charge in [-0.1, -0.05) is 26.0 Å². The van der Waals surface area contributed by atoms with Crippen LogP contribution in [0.25, 0.3) is 0 Å². The first-order chi connectivity index (χ1) is 18.0. The Labute approximate surface area is 225 Å². The summed E-state index contributed by atoms with van der Waals surface area (Å²) in [4.78, 5) is 28.4. The molecule has 0 unspecified atom stereocenters. The van der Waals surface area contributed by atoms with Crippen LogP contribution in [0.15, 0.2) is 42.5 Å². The minimum absolute atomic E-state index is 0.0752. The lowest BCUT2D eigenvalue weighted by atomic mass is 10.1. The maximum atomic E-state index is 13.8. The van der Waals surface area contributed by atoms with Gasteiger partial charge in [0.25, 0.3) is 0 Å². The number of methoxy groups -OCH3 is 3. The van der Waals surface area contributed by atoms with E-state index in [-0.39, 0.29) is 24.2 Å². The van der Waals surface area contributed by atoms with Crippen molar-refractivity contribution in [1.82, 2.24) is 10.2 Å². The van der Waals surface area contributed by atoms with Crippen LogP contribution in [-0.2, 0) is 26.2 Å². The largest absolute Gasteiger partial charge is 0.497 e. The van der Waals surface area contributed by atoms with Gasteiger partial charge in [0, 0.05) is 18.7 Å². The van der Waals surface area contributed by atoms with Gasteiger partial charge in [0.2, 0.25) is 21.8 Å². The lowest BCUT2D eigenvalue weighted by molar-refractivity contribution is -0.140. The minimum Gasteiger partial charge on any atom is -0.497 e. The highest BCUT2D eigenvalue weighted by molar-refractivity contribution is 7.92. The fourth-order valence-corrected chi connectivity index (χ4v) is 4.72. The van der Waals surface area contributed by atoms with E-state index < -0.39 is 28.5 Å². The molecule has 0 aliphatic carbocycles. The van der Waals surface area contributed by atoms with E-state index in [1.54, 1.807) is 37.4 Å². The Hall–Kier alpha value is -3.47. The Morgan fingerprint density at radius 3 is 2.05 bits per heavy atom. The van der Waals surface area contributed by atoms with Crippen LogP contribution in [0.3, 0.4) is 0 Å². The summed E-state index contributed by atoms with van der Waals surface area (Å²) in [5.41, 5.74) is 1.01. The van der Waals surface area contributed by atoms with E-state index in [4.69, 9.17) is 14.2 Å². The first-order valence-electron chi connectivity index (χ1n) is 12.4. The van der Waals surface area contributed by atoms with Crippen molar-refractivity contribution in [3.8, 4) is 17.2 Å². The number of hydrogen-bond acceptors (Lipinski definition) is 7. The summed E-state index contributed by atoms with van der Waals surface area (Å²) in [6, 6.07) is 10.9. The van der Waals surface area contributed by atoms with Gasteiger partial charge in [-0.15, -0.1) is 0 Å². The standard InChI is InChI=1S/C27H39N3O7S/c1-8-19(3)28-27(32)23(9-2)29(17-20-10-13-22(35-4)14-11-20)26(31)18-30(38(7,33)34)21-12-15-24(36-5)25(16-21)37-6/h10-16,19,23H,8-9,17-18H2,1-7H3,(H,28,32)/t19-,23+/m1/s1. The molecule has 0 fully saturated rings. The molecule has 2 aromatic rings. The number of nitrogens with one attached hydrogen (secondary N) is 1. The molecule has 0 spiro atoms. The number of hydrogen-bond donors (Lipinski definition) is 1. The van der Waals surface area contributed by atoms with Gasteiger partial charge in [0.1, 0.15) is 18.3 Å². The predicted octanol–water partition coefficient (Wildman–Crippen LogP) is 3.20. The highest BCUT2D eigenvalue weighted by Crippen LogP contribution is 2.32. The fraction of sp³-hybridized carbons (Fsp3) is 0.481. The quantitative estimate of drug-likeness (QED) is 0.385. The van der Waals surface area contributed by atoms with E-state index in [0.29, 0.717) is 23.7 Å². The van der Waals surface area contributed by atoms with Gasteiger partial charge in [0.15, 0.2) is 11.5 Å². The van der Waals surface area contributed by atoms with Crippen molar-refractivity contribution in [2.75, 3.05) is 38.4 Å². The number of anilines is 1. The monoisotopic (exact) mass is 549 g/mol. The molecule has 210 valence electrons. The molecule has 0 saturated carbocycles. The number of carbonyl (C=O) groups is 2. The molecule has 0 bridgehead atoms.